The fraction of sp³-hybridized carbons (Fsp3) is 0.375. The van der Waals surface area contributed by atoms with Gasteiger partial charge in [-0.3, -0.25) is 4.79 Å². The van der Waals surface area contributed by atoms with Crippen LogP contribution in [-0.2, 0) is 9.59 Å². The maximum absolute atomic E-state index is 13.7. The minimum absolute atomic E-state index is 0.0945. The molecule has 0 aromatic heterocycles. The Hall–Kier alpha value is -2.24. The van der Waals surface area contributed by atoms with Crippen molar-refractivity contribution in [3.8, 4) is 0 Å². The van der Waals surface area contributed by atoms with Crippen molar-refractivity contribution in [3.05, 3.63) is 47.5 Å². The van der Waals surface area contributed by atoms with Crippen LogP contribution in [0.3, 0.4) is 0 Å². The van der Waals surface area contributed by atoms with Crippen molar-refractivity contribution in [3.63, 3.8) is 0 Å². The van der Waals surface area contributed by atoms with E-state index < -0.39 is 41.4 Å². The number of hydrogen-bond donors (Lipinski definition) is 2. The summed E-state index contributed by atoms with van der Waals surface area (Å²) in [5, 5.41) is 11.5. The maximum atomic E-state index is 13.7. The third-order valence-corrected chi connectivity index (χ3v) is 3.72. The first kappa shape index (κ1) is 16.1. The smallest absolute Gasteiger partial charge is 0.326 e. The van der Waals surface area contributed by atoms with Crippen LogP contribution >= 0.6 is 0 Å². The number of nitrogens with one attached hydrogen (secondary N) is 1. The molecule has 1 amide bonds. The fourth-order valence-corrected chi connectivity index (χ4v) is 2.44. The normalized spacial score (nSPS) is 21.6. The number of amides is 1. The molecule has 0 heterocycles. The minimum atomic E-state index is -1.14. The molecule has 0 saturated heterocycles. The lowest BCUT2D eigenvalue weighted by Crippen LogP contribution is -2.41. The van der Waals surface area contributed by atoms with E-state index in [4.69, 9.17) is 5.11 Å². The second-order valence-electron chi connectivity index (χ2n) is 5.29. The van der Waals surface area contributed by atoms with Crippen LogP contribution in [0.4, 0.5) is 8.78 Å². The summed E-state index contributed by atoms with van der Waals surface area (Å²) in [5.74, 6) is -4.09. The van der Waals surface area contributed by atoms with E-state index >= 15 is 0 Å². The predicted octanol–water partition coefficient (Wildman–Crippen LogP) is 2.60. The number of carbonyl (C=O) groups excluding carboxylic acids is 1. The fourth-order valence-electron chi connectivity index (χ4n) is 2.44. The second kappa shape index (κ2) is 6.68. The van der Waals surface area contributed by atoms with E-state index in [9.17, 15) is 18.4 Å². The van der Waals surface area contributed by atoms with Gasteiger partial charge in [0, 0.05) is 17.4 Å². The van der Waals surface area contributed by atoms with Crippen molar-refractivity contribution in [2.75, 3.05) is 0 Å². The molecule has 1 aromatic rings. The average molecular weight is 309 g/mol. The minimum Gasteiger partial charge on any atom is -0.480 e. The summed E-state index contributed by atoms with van der Waals surface area (Å²) in [6.45, 7) is 1.75. The molecule has 3 atom stereocenters. The molecule has 6 heteroatoms. The van der Waals surface area contributed by atoms with Gasteiger partial charge in [0.2, 0.25) is 5.91 Å². The van der Waals surface area contributed by atoms with Gasteiger partial charge >= 0.3 is 5.97 Å². The van der Waals surface area contributed by atoms with Gasteiger partial charge in [-0.2, -0.15) is 0 Å². The third-order valence-electron chi connectivity index (χ3n) is 3.72. The van der Waals surface area contributed by atoms with Gasteiger partial charge in [0.05, 0.1) is 0 Å². The van der Waals surface area contributed by atoms with Crippen LogP contribution in [0, 0.1) is 17.6 Å². The van der Waals surface area contributed by atoms with Gasteiger partial charge in [-0.25, -0.2) is 13.6 Å². The molecule has 0 aliphatic heterocycles. The summed E-state index contributed by atoms with van der Waals surface area (Å²) in [5.41, 5.74) is -0.0945. The van der Waals surface area contributed by atoms with Crippen LogP contribution in [0.15, 0.2) is 30.4 Å². The molecule has 118 valence electrons. The quantitative estimate of drug-likeness (QED) is 0.794. The molecular weight excluding hydrogens is 292 g/mol. The van der Waals surface area contributed by atoms with E-state index in [1.165, 1.54) is 6.07 Å². The van der Waals surface area contributed by atoms with E-state index in [1.54, 1.807) is 19.1 Å². The molecular formula is C16H17F2NO3. The molecule has 3 unspecified atom stereocenters. The maximum Gasteiger partial charge on any atom is 0.326 e. The Morgan fingerprint density at radius 1 is 1.41 bits per heavy atom. The standard InChI is InChI=1S/C16H17F2NO3/c1-2-3-7-13(16(21)22)19-15(20)10-8-9(10)14-11(17)5-4-6-12(14)18/h2-6,9-10,13H,7-8H2,1H3,(H,19,20)(H,21,22)/b3-2+. The Balaban J connectivity index is 2.02. The molecule has 2 rings (SSSR count). The summed E-state index contributed by atoms with van der Waals surface area (Å²) in [4.78, 5) is 23.1. The highest BCUT2D eigenvalue weighted by atomic mass is 19.1. The number of carboxylic acid groups (broad SMARTS) is 1. The summed E-state index contributed by atoms with van der Waals surface area (Å²) in [7, 11) is 0. The topological polar surface area (TPSA) is 66.4 Å². The molecule has 0 bridgehead atoms. The second-order valence-corrected chi connectivity index (χ2v) is 5.29. The monoisotopic (exact) mass is 309 g/mol. The van der Waals surface area contributed by atoms with Gasteiger partial charge in [0.15, 0.2) is 0 Å². The van der Waals surface area contributed by atoms with Crippen molar-refractivity contribution in [2.45, 2.75) is 31.7 Å². The van der Waals surface area contributed by atoms with Crippen LogP contribution in [-0.4, -0.2) is 23.0 Å². The number of halogens is 2. The van der Waals surface area contributed by atoms with E-state index in [0.29, 0.717) is 6.42 Å². The number of carbonyl (C=O) groups is 2. The number of aliphatic carboxylic acids is 1. The number of allylic oxidation sites excluding steroid dienone is 1. The largest absolute Gasteiger partial charge is 0.480 e. The SMILES string of the molecule is C/C=C/CC(NC(=O)C1CC1c1c(F)cccc1F)C(=O)O. The highest BCUT2D eigenvalue weighted by Crippen LogP contribution is 2.49. The van der Waals surface area contributed by atoms with Gasteiger partial charge in [0.1, 0.15) is 17.7 Å². The summed E-state index contributed by atoms with van der Waals surface area (Å²) >= 11 is 0. The van der Waals surface area contributed by atoms with Crippen LogP contribution in [0.2, 0.25) is 0 Å². The van der Waals surface area contributed by atoms with Crippen LogP contribution in [0.5, 0.6) is 0 Å². The Morgan fingerprint density at radius 3 is 2.59 bits per heavy atom. The average Bonchev–Trinajstić information content (AvgIpc) is 3.23. The summed E-state index contributed by atoms with van der Waals surface area (Å²) < 4.78 is 27.3. The Kier molecular flexibility index (Phi) is 4.90. The highest BCUT2D eigenvalue weighted by Gasteiger charge is 2.47. The number of carboxylic acids is 1. The third kappa shape index (κ3) is 3.50. The van der Waals surface area contributed by atoms with Crippen molar-refractivity contribution in [2.24, 2.45) is 5.92 Å². The van der Waals surface area contributed by atoms with Crippen molar-refractivity contribution in [1.29, 1.82) is 0 Å². The number of hydrogen-bond acceptors (Lipinski definition) is 2. The Morgan fingerprint density at radius 2 is 2.05 bits per heavy atom. The summed E-state index contributed by atoms with van der Waals surface area (Å²) in [6, 6.07) is 2.54. The Bertz CT molecular complexity index is 595. The lowest BCUT2D eigenvalue weighted by molar-refractivity contribution is -0.141. The molecule has 0 spiro atoms. The molecule has 2 N–H and O–H groups in total. The first-order valence-corrected chi connectivity index (χ1v) is 7.04. The molecule has 1 saturated carbocycles. The molecule has 22 heavy (non-hydrogen) atoms. The van der Waals surface area contributed by atoms with Crippen LogP contribution < -0.4 is 5.32 Å². The molecule has 1 aliphatic carbocycles. The van der Waals surface area contributed by atoms with Crippen molar-refractivity contribution < 1.29 is 23.5 Å². The molecule has 1 fully saturated rings. The molecule has 1 aliphatic rings. The van der Waals surface area contributed by atoms with E-state index in [-0.39, 0.29) is 12.0 Å². The molecule has 4 nitrogen and oxygen atoms in total. The lowest BCUT2D eigenvalue weighted by atomic mass is 10.1. The van der Waals surface area contributed by atoms with Gasteiger partial charge in [-0.15, -0.1) is 0 Å². The van der Waals surface area contributed by atoms with Crippen molar-refractivity contribution >= 4 is 11.9 Å². The van der Waals surface area contributed by atoms with Gasteiger partial charge in [-0.05, 0) is 31.9 Å². The van der Waals surface area contributed by atoms with Crippen LogP contribution in [0.1, 0.15) is 31.2 Å². The zero-order valence-electron chi connectivity index (χ0n) is 12.1. The molecule has 1 aromatic carbocycles. The van der Waals surface area contributed by atoms with E-state index in [1.807, 2.05) is 0 Å². The highest BCUT2D eigenvalue weighted by molar-refractivity contribution is 5.87. The van der Waals surface area contributed by atoms with Gasteiger partial charge in [-0.1, -0.05) is 18.2 Å². The first-order valence-electron chi connectivity index (χ1n) is 7.04. The lowest BCUT2D eigenvalue weighted by Gasteiger charge is -2.12. The molecule has 0 radical (unpaired) electrons. The number of benzene rings is 1. The zero-order chi connectivity index (χ0) is 16.3. The predicted molar refractivity (Wildman–Crippen MR) is 76.2 cm³/mol. The van der Waals surface area contributed by atoms with Crippen molar-refractivity contribution in [1.82, 2.24) is 5.32 Å². The zero-order valence-corrected chi connectivity index (χ0v) is 12.1. The van der Waals surface area contributed by atoms with Gasteiger partial charge < -0.3 is 10.4 Å². The Labute approximate surface area is 126 Å². The summed E-state index contributed by atoms with van der Waals surface area (Å²) in [6.07, 6.45) is 3.82. The van der Waals surface area contributed by atoms with Crippen LogP contribution in [0.25, 0.3) is 0 Å². The first-order chi connectivity index (χ1) is 10.5. The van der Waals surface area contributed by atoms with E-state index in [0.717, 1.165) is 12.1 Å². The van der Waals surface area contributed by atoms with Gasteiger partial charge in [0.25, 0.3) is 0 Å². The number of rotatable bonds is 6. The van der Waals surface area contributed by atoms with E-state index in [2.05, 4.69) is 5.32 Å².